The van der Waals surface area contributed by atoms with E-state index in [0.717, 1.165) is 24.2 Å². The van der Waals surface area contributed by atoms with Gasteiger partial charge in [0.1, 0.15) is 18.5 Å². The van der Waals surface area contributed by atoms with E-state index in [1.165, 1.54) is 0 Å². The Morgan fingerprint density at radius 1 is 1.33 bits per heavy atom. The third-order valence-electron chi connectivity index (χ3n) is 5.44. The summed E-state index contributed by atoms with van der Waals surface area (Å²) >= 11 is 0. The third kappa shape index (κ3) is 5.48. The molecule has 2 amide bonds. The number of nitrogens with two attached hydrogens (primary N) is 1. The number of carboxylic acid groups (broad SMARTS) is 1. The summed E-state index contributed by atoms with van der Waals surface area (Å²) in [6.45, 7) is 3.71. The molecule has 1 saturated carbocycles. The van der Waals surface area contributed by atoms with Crippen LogP contribution in [-0.2, 0) is 25.5 Å². The van der Waals surface area contributed by atoms with Crippen LogP contribution >= 0.6 is 0 Å². The molecule has 1 saturated heterocycles. The highest BCUT2D eigenvalue weighted by Gasteiger charge is 2.47. The number of amides is 2. The lowest BCUT2D eigenvalue weighted by atomic mass is 9.96. The summed E-state index contributed by atoms with van der Waals surface area (Å²) in [5.74, 6) is 1.18. The molecule has 1 aliphatic heterocycles. The van der Waals surface area contributed by atoms with Crippen LogP contribution in [0, 0.1) is 0 Å². The van der Waals surface area contributed by atoms with Crippen molar-refractivity contribution in [3.05, 3.63) is 41.5 Å². The summed E-state index contributed by atoms with van der Waals surface area (Å²) in [6.07, 6.45) is 1.41. The van der Waals surface area contributed by atoms with Crippen LogP contribution in [0.2, 0.25) is 0 Å². The van der Waals surface area contributed by atoms with Gasteiger partial charge in [-0.25, -0.2) is 9.67 Å². The first-order valence-electron chi connectivity index (χ1n) is 10.7. The van der Waals surface area contributed by atoms with Crippen molar-refractivity contribution < 1.29 is 29.0 Å². The molecule has 2 aromatic rings. The highest BCUT2D eigenvalue weighted by Crippen LogP contribution is 2.45. The molecule has 178 valence electrons. The minimum Gasteiger partial charge on any atom is -0.497 e. The maximum absolute atomic E-state index is 12.8. The highest BCUT2D eigenvalue weighted by molar-refractivity contribution is 5.79. The number of aromatic nitrogens is 3. The number of benzene rings is 1. The van der Waals surface area contributed by atoms with Crippen molar-refractivity contribution in [2.75, 3.05) is 13.7 Å². The van der Waals surface area contributed by atoms with Gasteiger partial charge in [0.2, 0.25) is 11.8 Å². The van der Waals surface area contributed by atoms with Crippen LogP contribution in [0.1, 0.15) is 62.1 Å². The molecule has 0 unspecified atom stereocenters. The highest BCUT2D eigenvalue weighted by atomic mass is 16.5. The fraction of sp³-hybridized carbons (Fsp3) is 0.500. The van der Waals surface area contributed by atoms with Crippen molar-refractivity contribution in [3.63, 3.8) is 0 Å². The Balaban J connectivity index is 0.000000968. The van der Waals surface area contributed by atoms with Crippen molar-refractivity contribution in [3.8, 4) is 5.75 Å². The Labute approximate surface area is 191 Å². The van der Waals surface area contributed by atoms with Crippen LogP contribution in [0.15, 0.2) is 24.3 Å². The molecular weight excluding hydrogens is 430 g/mol. The maximum atomic E-state index is 12.8. The van der Waals surface area contributed by atoms with Crippen LogP contribution in [0.4, 0.5) is 0 Å². The summed E-state index contributed by atoms with van der Waals surface area (Å²) in [4.78, 5) is 39.1. The zero-order chi connectivity index (χ0) is 24.1. The first-order chi connectivity index (χ1) is 15.8. The van der Waals surface area contributed by atoms with Crippen LogP contribution < -0.4 is 10.5 Å². The molecule has 0 spiro atoms. The Hall–Kier alpha value is -3.47. The number of primary amides is 1. The van der Waals surface area contributed by atoms with Crippen molar-refractivity contribution in [2.45, 2.75) is 57.3 Å². The average molecular weight is 460 g/mol. The van der Waals surface area contributed by atoms with Gasteiger partial charge in [0.05, 0.1) is 19.6 Å². The molecule has 2 atom stereocenters. The van der Waals surface area contributed by atoms with Crippen molar-refractivity contribution >= 4 is 18.3 Å². The van der Waals surface area contributed by atoms with Crippen LogP contribution in [-0.4, -0.2) is 62.8 Å². The number of hydrogen-bond acceptors (Lipinski definition) is 7. The molecular formula is C22H29N5O6. The van der Waals surface area contributed by atoms with Gasteiger partial charge in [0.25, 0.3) is 6.47 Å². The van der Waals surface area contributed by atoms with Gasteiger partial charge < -0.3 is 25.2 Å². The number of nitrogens with zero attached hydrogens (tertiary/aromatic N) is 4. The predicted octanol–water partition coefficient (Wildman–Crippen LogP) is 1.40. The van der Waals surface area contributed by atoms with Crippen molar-refractivity contribution in [1.82, 2.24) is 19.7 Å². The molecule has 4 rings (SSSR count). The number of ether oxygens (including phenoxy) is 2. The van der Waals surface area contributed by atoms with Crippen molar-refractivity contribution in [2.24, 2.45) is 5.73 Å². The van der Waals surface area contributed by atoms with E-state index in [2.05, 4.69) is 10.1 Å². The summed E-state index contributed by atoms with van der Waals surface area (Å²) in [7, 11) is 1.62. The molecule has 11 nitrogen and oxygen atoms in total. The van der Waals surface area contributed by atoms with Crippen molar-refractivity contribution in [1.29, 1.82) is 0 Å². The molecule has 1 aromatic carbocycles. The van der Waals surface area contributed by atoms with Gasteiger partial charge in [0, 0.05) is 12.1 Å². The number of methoxy groups -OCH3 is 1. The van der Waals surface area contributed by atoms with Crippen LogP contribution in [0.3, 0.4) is 0 Å². The number of carbonyl (C=O) groups is 3. The lowest BCUT2D eigenvalue weighted by Crippen LogP contribution is -2.47. The quantitative estimate of drug-likeness (QED) is 0.590. The summed E-state index contributed by atoms with van der Waals surface area (Å²) < 4.78 is 13.1. The van der Waals surface area contributed by atoms with E-state index in [9.17, 15) is 9.59 Å². The van der Waals surface area contributed by atoms with E-state index in [0.29, 0.717) is 11.6 Å². The maximum Gasteiger partial charge on any atom is 0.290 e. The number of rotatable bonds is 7. The van der Waals surface area contributed by atoms with E-state index in [1.807, 2.05) is 43.0 Å². The molecule has 2 heterocycles. The Morgan fingerprint density at radius 3 is 2.48 bits per heavy atom. The third-order valence-corrected chi connectivity index (χ3v) is 5.44. The van der Waals surface area contributed by atoms with Crippen LogP contribution in [0.25, 0.3) is 0 Å². The zero-order valence-corrected chi connectivity index (χ0v) is 18.9. The van der Waals surface area contributed by atoms with E-state index >= 15 is 0 Å². The van der Waals surface area contributed by atoms with E-state index in [-0.39, 0.29) is 43.5 Å². The molecule has 2 aliphatic rings. The molecule has 3 N–H and O–H groups in total. The first-order valence-corrected chi connectivity index (χ1v) is 10.7. The molecule has 1 aromatic heterocycles. The Kier molecular flexibility index (Phi) is 7.64. The molecule has 2 fully saturated rings. The minimum absolute atomic E-state index is 0.00115. The van der Waals surface area contributed by atoms with Gasteiger partial charge in [0.15, 0.2) is 11.6 Å². The van der Waals surface area contributed by atoms with Gasteiger partial charge in [-0.2, -0.15) is 5.10 Å². The molecule has 0 radical (unpaired) electrons. The second-order valence-electron chi connectivity index (χ2n) is 8.15. The lowest BCUT2D eigenvalue weighted by molar-refractivity contribution is -0.160. The fourth-order valence-corrected chi connectivity index (χ4v) is 3.95. The second-order valence-corrected chi connectivity index (χ2v) is 8.15. The van der Waals surface area contributed by atoms with E-state index < -0.39 is 12.0 Å². The first kappa shape index (κ1) is 24.2. The topological polar surface area (TPSA) is 150 Å². The van der Waals surface area contributed by atoms with Gasteiger partial charge in [-0.1, -0.05) is 12.1 Å². The second kappa shape index (κ2) is 10.4. The molecule has 0 bridgehead atoms. The van der Waals surface area contributed by atoms with Gasteiger partial charge in [-0.3, -0.25) is 14.4 Å². The van der Waals surface area contributed by atoms with Gasteiger partial charge >= 0.3 is 0 Å². The number of morpholine rings is 1. The number of hydrogen-bond donors (Lipinski definition) is 2. The average Bonchev–Trinajstić information content (AvgIpc) is 3.53. The lowest BCUT2D eigenvalue weighted by Gasteiger charge is -2.41. The number of carbonyl (C=O) groups excluding carboxylic acids is 2. The predicted molar refractivity (Wildman–Crippen MR) is 116 cm³/mol. The minimum atomic E-state index is -0.506. The Bertz CT molecular complexity index is 986. The smallest absolute Gasteiger partial charge is 0.290 e. The Morgan fingerprint density at radius 2 is 1.97 bits per heavy atom. The normalized spacial score (nSPS) is 20.2. The van der Waals surface area contributed by atoms with Gasteiger partial charge in [-0.15, -0.1) is 0 Å². The molecule has 33 heavy (non-hydrogen) atoms. The van der Waals surface area contributed by atoms with Crippen LogP contribution in [0.5, 0.6) is 5.75 Å². The fourth-order valence-electron chi connectivity index (χ4n) is 3.95. The monoisotopic (exact) mass is 459 g/mol. The van der Waals surface area contributed by atoms with E-state index in [4.69, 9.17) is 25.1 Å². The summed E-state index contributed by atoms with van der Waals surface area (Å²) in [5, 5.41) is 11.4. The molecule has 1 aliphatic carbocycles. The summed E-state index contributed by atoms with van der Waals surface area (Å²) in [6, 6.07) is 7.53. The van der Waals surface area contributed by atoms with Gasteiger partial charge in [-0.05, 0) is 44.4 Å². The standard InChI is InChI=1S/C21H27N5O4.CH2O2/c1-12(2)26-21(23-17(24-26)10-16(22)27)20-19(13-4-8-15(29-3)9-5-13)25(14-6-7-14)18(28)11-30-20;2-1-3/h4-5,8-9,12,14,19-20H,6-7,10-11H2,1-3H3,(H2,22,27);1H,(H,2,3)/t19-,20+;/m1./s1. The largest absolute Gasteiger partial charge is 0.497 e. The van der Waals surface area contributed by atoms with E-state index in [1.54, 1.807) is 11.8 Å². The SMILES string of the molecule is COc1ccc([C@@H]2[C@@H](c3nc(CC(N)=O)nn3C(C)C)OCC(=O)N2C2CC2)cc1.O=CO. The summed E-state index contributed by atoms with van der Waals surface area (Å²) in [5.41, 5.74) is 6.29. The zero-order valence-electron chi connectivity index (χ0n) is 18.9. The molecule has 11 heteroatoms.